The number of esters is 1. The van der Waals surface area contributed by atoms with Gasteiger partial charge in [-0.25, -0.2) is 9.59 Å². The van der Waals surface area contributed by atoms with Crippen LogP contribution in [0.1, 0.15) is 23.7 Å². The first-order valence-electron chi connectivity index (χ1n) is 5.74. The lowest BCUT2D eigenvalue weighted by molar-refractivity contribution is -0.117. The Kier molecular flexibility index (Phi) is 3.50. The highest BCUT2D eigenvalue weighted by molar-refractivity contribution is 5.93. The molecule has 1 heterocycles. The van der Waals surface area contributed by atoms with E-state index >= 15 is 0 Å². The summed E-state index contributed by atoms with van der Waals surface area (Å²) in [6.07, 6.45) is 0.257. The maximum atomic E-state index is 11.7. The second kappa shape index (κ2) is 5.09. The van der Waals surface area contributed by atoms with E-state index in [4.69, 9.17) is 4.42 Å². The zero-order valence-electron chi connectivity index (χ0n) is 10.6. The van der Waals surface area contributed by atoms with Gasteiger partial charge in [0.2, 0.25) is 0 Å². The molecule has 0 bridgehead atoms. The van der Waals surface area contributed by atoms with Crippen molar-refractivity contribution in [1.29, 1.82) is 0 Å². The van der Waals surface area contributed by atoms with E-state index in [1.165, 1.54) is 24.7 Å². The van der Waals surface area contributed by atoms with Crippen LogP contribution >= 0.6 is 0 Å². The number of hydrogen-bond donors (Lipinski definition) is 0. The fourth-order valence-electron chi connectivity index (χ4n) is 1.79. The van der Waals surface area contributed by atoms with Crippen LogP contribution in [0.5, 0.6) is 0 Å². The summed E-state index contributed by atoms with van der Waals surface area (Å²) in [6.45, 7) is 1.72. The lowest BCUT2D eigenvalue weighted by atomic mass is 10.2. The number of ether oxygens (including phenoxy) is 1. The quantitative estimate of drug-likeness (QED) is 0.778. The van der Waals surface area contributed by atoms with Crippen LogP contribution in [0.25, 0.3) is 11.1 Å². The van der Waals surface area contributed by atoms with Crippen LogP contribution in [0.4, 0.5) is 0 Å². The number of benzene rings is 1. The fraction of sp³-hybridized carbons (Fsp3) is 0.308. The van der Waals surface area contributed by atoms with Crippen LogP contribution in [-0.4, -0.2) is 23.4 Å². The molecule has 2 rings (SSSR count). The highest BCUT2D eigenvalue weighted by Gasteiger charge is 2.13. The Bertz CT molecular complexity index is 695. The van der Waals surface area contributed by atoms with E-state index in [-0.39, 0.29) is 18.7 Å². The third kappa shape index (κ3) is 2.57. The number of hydrogen-bond acceptors (Lipinski definition) is 5. The van der Waals surface area contributed by atoms with Crippen LogP contribution in [0.3, 0.4) is 0 Å². The summed E-state index contributed by atoms with van der Waals surface area (Å²) >= 11 is 0. The van der Waals surface area contributed by atoms with E-state index < -0.39 is 11.7 Å². The molecule has 2 aromatic rings. The van der Waals surface area contributed by atoms with Gasteiger partial charge >= 0.3 is 11.7 Å². The number of nitrogens with zero attached hydrogens (tertiary/aromatic N) is 1. The summed E-state index contributed by atoms with van der Waals surface area (Å²) in [5.41, 5.74) is 1.16. The van der Waals surface area contributed by atoms with Crippen molar-refractivity contribution in [3.63, 3.8) is 0 Å². The lowest BCUT2D eigenvalue weighted by Crippen LogP contribution is -2.15. The number of aromatic nitrogens is 1. The Morgan fingerprint density at radius 2 is 2.11 bits per heavy atom. The summed E-state index contributed by atoms with van der Waals surface area (Å²) in [7, 11) is 1.28. The molecule has 0 radical (unpaired) electrons. The third-order valence-electron chi connectivity index (χ3n) is 2.78. The molecule has 0 saturated heterocycles. The number of rotatable bonds is 4. The highest BCUT2D eigenvalue weighted by Crippen LogP contribution is 2.16. The first-order valence-corrected chi connectivity index (χ1v) is 5.74. The molecule has 6 heteroatoms. The van der Waals surface area contributed by atoms with Gasteiger partial charge < -0.3 is 9.15 Å². The van der Waals surface area contributed by atoms with E-state index in [1.807, 2.05) is 0 Å². The minimum absolute atomic E-state index is 0.00701. The summed E-state index contributed by atoms with van der Waals surface area (Å²) in [5.74, 6) is -1.05. The number of aryl methyl sites for hydroxylation is 1. The SMILES string of the molecule is COC(=O)c1ccc2c(c1)oc(=O)n2CCC(C)=O. The van der Waals surface area contributed by atoms with Gasteiger partial charge in [-0.1, -0.05) is 0 Å². The fourth-order valence-corrected chi connectivity index (χ4v) is 1.79. The van der Waals surface area contributed by atoms with Gasteiger partial charge in [0.1, 0.15) is 5.78 Å². The molecule has 6 nitrogen and oxygen atoms in total. The highest BCUT2D eigenvalue weighted by atomic mass is 16.5. The summed E-state index contributed by atoms with van der Waals surface area (Å²) in [6, 6.07) is 4.60. The number of Topliss-reactive ketones (excluding diaryl/α,β-unsaturated/α-hetero) is 1. The second-order valence-corrected chi connectivity index (χ2v) is 4.15. The molecule has 0 unspecified atom stereocenters. The van der Waals surface area contributed by atoms with Crippen molar-refractivity contribution in [2.24, 2.45) is 0 Å². The number of carbonyl (C=O) groups excluding carboxylic acids is 2. The standard InChI is InChI=1S/C13H13NO5/c1-8(15)5-6-14-10-4-3-9(12(16)18-2)7-11(10)19-13(14)17/h3-4,7H,5-6H2,1-2H3. The second-order valence-electron chi connectivity index (χ2n) is 4.15. The van der Waals surface area contributed by atoms with Crippen LogP contribution in [-0.2, 0) is 16.1 Å². The largest absolute Gasteiger partial charge is 0.465 e. The summed E-state index contributed by atoms with van der Waals surface area (Å²) in [5, 5.41) is 0. The summed E-state index contributed by atoms with van der Waals surface area (Å²) in [4.78, 5) is 34.0. The van der Waals surface area contributed by atoms with Gasteiger partial charge in [0.25, 0.3) is 0 Å². The van der Waals surface area contributed by atoms with E-state index in [1.54, 1.807) is 12.1 Å². The maximum Gasteiger partial charge on any atom is 0.419 e. The molecule has 0 spiro atoms. The summed E-state index contributed by atoms with van der Waals surface area (Å²) < 4.78 is 11.0. The van der Waals surface area contributed by atoms with Gasteiger partial charge in [0.05, 0.1) is 18.2 Å². The van der Waals surface area contributed by atoms with Gasteiger partial charge in [-0.3, -0.25) is 9.36 Å². The monoisotopic (exact) mass is 263 g/mol. The van der Waals surface area contributed by atoms with Crippen molar-refractivity contribution in [2.75, 3.05) is 7.11 Å². The molecule has 0 saturated carbocycles. The van der Waals surface area contributed by atoms with Crippen molar-refractivity contribution < 1.29 is 18.7 Å². The lowest BCUT2D eigenvalue weighted by Gasteiger charge is -2.01. The molecule has 0 N–H and O–H groups in total. The average Bonchev–Trinajstić information content (AvgIpc) is 2.69. The van der Waals surface area contributed by atoms with Gasteiger partial charge in [0, 0.05) is 13.0 Å². The number of ketones is 1. The molecule has 19 heavy (non-hydrogen) atoms. The average molecular weight is 263 g/mol. The number of carbonyl (C=O) groups is 2. The van der Waals surface area contributed by atoms with Crippen molar-refractivity contribution in [3.05, 3.63) is 34.3 Å². The van der Waals surface area contributed by atoms with Crippen molar-refractivity contribution >= 4 is 22.9 Å². The van der Waals surface area contributed by atoms with Crippen LogP contribution in [0, 0.1) is 0 Å². The Morgan fingerprint density at radius 1 is 1.37 bits per heavy atom. The first-order chi connectivity index (χ1) is 9.02. The normalized spacial score (nSPS) is 10.6. The molecule has 0 aliphatic heterocycles. The van der Waals surface area contributed by atoms with Gasteiger partial charge in [-0.2, -0.15) is 0 Å². The van der Waals surface area contributed by atoms with Crippen LogP contribution < -0.4 is 5.76 Å². The van der Waals surface area contributed by atoms with E-state index in [0.717, 1.165) is 0 Å². The smallest absolute Gasteiger partial charge is 0.419 e. The minimum atomic E-state index is -0.543. The third-order valence-corrected chi connectivity index (χ3v) is 2.78. The molecule has 1 aromatic carbocycles. The van der Waals surface area contributed by atoms with E-state index in [0.29, 0.717) is 16.7 Å². The van der Waals surface area contributed by atoms with Crippen molar-refractivity contribution in [2.45, 2.75) is 19.9 Å². The molecular weight excluding hydrogens is 250 g/mol. The predicted octanol–water partition coefficient (Wildman–Crippen LogP) is 1.36. The van der Waals surface area contributed by atoms with Crippen molar-refractivity contribution in [1.82, 2.24) is 4.57 Å². The maximum absolute atomic E-state index is 11.7. The van der Waals surface area contributed by atoms with E-state index in [9.17, 15) is 14.4 Å². The van der Waals surface area contributed by atoms with Crippen LogP contribution in [0.2, 0.25) is 0 Å². The Labute approximate surface area is 108 Å². The zero-order valence-corrected chi connectivity index (χ0v) is 10.6. The van der Waals surface area contributed by atoms with Gasteiger partial charge in [-0.05, 0) is 25.1 Å². The first kappa shape index (κ1) is 13.1. The molecule has 0 fully saturated rings. The molecule has 0 aliphatic carbocycles. The molecule has 100 valence electrons. The predicted molar refractivity (Wildman–Crippen MR) is 67.1 cm³/mol. The Balaban J connectivity index is 2.45. The number of methoxy groups -OCH3 is 1. The molecule has 0 aliphatic rings. The Morgan fingerprint density at radius 3 is 2.74 bits per heavy atom. The minimum Gasteiger partial charge on any atom is -0.465 e. The molecular formula is C13H13NO5. The molecule has 1 aromatic heterocycles. The number of oxazole rings is 1. The van der Waals surface area contributed by atoms with Crippen LogP contribution in [0.15, 0.2) is 27.4 Å². The topological polar surface area (TPSA) is 78.5 Å². The van der Waals surface area contributed by atoms with Crippen molar-refractivity contribution in [3.8, 4) is 0 Å². The van der Waals surface area contributed by atoms with Gasteiger partial charge in [-0.15, -0.1) is 0 Å². The number of fused-ring (bicyclic) bond motifs is 1. The molecule has 0 atom stereocenters. The zero-order chi connectivity index (χ0) is 14.0. The Hall–Kier alpha value is -2.37. The van der Waals surface area contributed by atoms with Gasteiger partial charge in [0.15, 0.2) is 5.58 Å². The van der Waals surface area contributed by atoms with E-state index in [2.05, 4.69) is 4.74 Å². The molecule has 0 amide bonds.